The van der Waals surface area contributed by atoms with Crippen LogP contribution in [0.5, 0.6) is 11.5 Å². The van der Waals surface area contributed by atoms with E-state index in [0.29, 0.717) is 17.2 Å². The van der Waals surface area contributed by atoms with E-state index < -0.39 is 5.97 Å². The standard InChI is InChI=1S/C14H16N2O4S/c1-16-10(6-9(15-16)14(17)18)8-5-12(20-3)13(21-4)7-11(8)19-2/h5-7H,1-4H3,(H,17,18). The predicted molar refractivity (Wildman–Crippen MR) is 80.5 cm³/mol. The van der Waals surface area contributed by atoms with Crippen LogP contribution in [0.4, 0.5) is 0 Å². The summed E-state index contributed by atoms with van der Waals surface area (Å²) in [5.41, 5.74) is 1.37. The quantitative estimate of drug-likeness (QED) is 0.856. The van der Waals surface area contributed by atoms with Gasteiger partial charge in [0.05, 0.1) is 24.8 Å². The van der Waals surface area contributed by atoms with Crippen LogP contribution in [0.1, 0.15) is 10.5 Å². The van der Waals surface area contributed by atoms with Crippen molar-refractivity contribution in [3.63, 3.8) is 0 Å². The lowest BCUT2D eigenvalue weighted by molar-refractivity contribution is 0.0689. The minimum absolute atomic E-state index is 0.0116. The molecule has 0 aliphatic carbocycles. The Morgan fingerprint density at radius 3 is 2.38 bits per heavy atom. The molecule has 0 fully saturated rings. The molecular formula is C14H16N2O4S. The summed E-state index contributed by atoms with van der Waals surface area (Å²) < 4.78 is 12.3. The van der Waals surface area contributed by atoms with Gasteiger partial charge < -0.3 is 14.6 Å². The van der Waals surface area contributed by atoms with E-state index in [9.17, 15) is 4.79 Å². The van der Waals surface area contributed by atoms with Gasteiger partial charge in [0, 0.05) is 12.6 Å². The number of carbonyl (C=O) groups is 1. The average molecular weight is 308 g/mol. The molecule has 0 saturated carbocycles. The van der Waals surface area contributed by atoms with Crippen molar-refractivity contribution in [2.75, 3.05) is 20.5 Å². The average Bonchev–Trinajstić information content (AvgIpc) is 2.87. The zero-order valence-corrected chi connectivity index (χ0v) is 13.0. The van der Waals surface area contributed by atoms with Crippen LogP contribution in [0.25, 0.3) is 11.3 Å². The lowest BCUT2D eigenvalue weighted by Gasteiger charge is -2.13. The fourth-order valence-corrected chi connectivity index (χ4v) is 2.62. The molecule has 0 radical (unpaired) electrons. The lowest BCUT2D eigenvalue weighted by atomic mass is 10.1. The maximum absolute atomic E-state index is 11.0. The van der Waals surface area contributed by atoms with Gasteiger partial charge in [0.2, 0.25) is 0 Å². The molecule has 7 heteroatoms. The largest absolute Gasteiger partial charge is 0.496 e. The maximum Gasteiger partial charge on any atom is 0.356 e. The second-order valence-corrected chi connectivity index (χ2v) is 5.10. The van der Waals surface area contributed by atoms with Gasteiger partial charge in [-0.05, 0) is 24.5 Å². The molecule has 2 rings (SSSR count). The third kappa shape index (κ3) is 2.82. The van der Waals surface area contributed by atoms with Crippen molar-refractivity contribution < 1.29 is 19.4 Å². The Morgan fingerprint density at radius 1 is 1.24 bits per heavy atom. The Balaban J connectivity index is 2.64. The number of hydrogen-bond donors (Lipinski definition) is 1. The number of aryl methyl sites for hydroxylation is 1. The van der Waals surface area contributed by atoms with Gasteiger partial charge in [0.1, 0.15) is 11.5 Å². The number of ether oxygens (including phenoxy) is 2. The number of carboxylic acids is 1. The van der Waals surface area contributed by atoms with E-state index in [2.05, 4.69) is 5.10 Å². The van der Waals surface area contributed by atoms with E-state index in [1.54, 1.807) is 33.0 Å². The van der Waals surface area contributed by atoms with Gasteiger partial charge in [-0.2, -0.15) is 5.10 Å². The summed E-state index contributed by atoms with van der Waals surface area (Å²) in [6, 6.07) is 5.21. The normalized spacial score (nSPS) is 10.5. The molecule has 0 bridgehead atoms. The smallest absolute Gasteiger partial charge is 0.356 e. The first-order valence-electron chi connectivity index (χ1n) is 6.09. The zero-order valence-electron chi connectivity index (χ0n) is 12.2. The molecular weight excluding hydrogens is 292 g/mol. The van der Waals surface area contributed by atoms with Crippen molar-refractivity contribution in [3.05, 3.63) is 23.9 Å². The zero-order chi connectivity index (χ0) is 15.6. The first kappa shape index (κ1) is 15.2. The molecule has 0 saturated heterocycles. The number of thioether (sulfide) groups is 1. The third-order valence-corrected chi connectivity index (χ3v) is 3.84. The minimum Gasteiger partial charge on any atom is -0.496 e. The van der Waals surface area contributed by atoms with Crippen LogP contribution in [0.3, 0.4) is 0 Å². The number of aromatic carboxylic acids is 1. The van der Waals surface area contributed by atoms with Crippen molar-refractivity contribution in [3.8, 4) is 22.8 Å². The third-order valence-electron chi connectivity index (χ3n) is 3.08. The molecule has 1 aromatic heterocycles. The summed E-state index contributed by atoms with van der Waals surface area (Å²) in [6.45, 7) is 0. The molecule has 0 aliphatic heterocycles. The van der Waals surface area contributed by atoms with Crippen LogP contribution in [-0.4, -0.2) is 41.3 Å². The fourth-order valence-electron chi connectivity index (χ4n) is 2.05. The highest BCUT2D eigenvalue weighted by Gasteiger charge is 2.18. The van der Waals surface area contributed by atoms with Crippen molar-refractivity contribution in [1.82, 2.24) is 9.78 Å². The first-order chi connectivity index (χ1) is 10.0. The van der Waals surface area contributed by atoms with Crippen molar-refractivity contribution in [2.45, 2.75) is 4.90 Å². The highest BCUT2D eigenvalue weighted by molar-refractivity contribution is 7.98. The number of benzene rings is 1. The first-order valence-corrected chi connectivity index (χ1v) is 7.32. The second-order valence-electron chi connectivity index (χ2n) is 4.25. The van der Waals surface area contributed by atoms with E-state index in [4.69, 9.17) is 14.6 Å². The molecule has 21 heavy (non-hydrogen) atoms. The van der Waals surface area contributed by atoms with Gasteiger partial charge in [0.15, 0.2) is 5.69 Å². The summed E-state index contributed by atoms with van der Waals surface area (Å²) in [5, 5.41) is 13.0. The topological polar surface area (TPSA) is 73.6 Å². The number of methoxy groups -OCH3 is 2. The van der Waals surface area contributed by atoms with Gasteiger partial charge >= 0.3 is 5.97 Å². The summed E-state index contributed by atoms with van der Waals surface area (Å²) >= 11 is 1.55. The number of hydrogen-bond acceptors (Lipinski definition) is 5. The van der Waals surface area contributed by atoms with Gasteiger partial charge in [-0.1, -0.05) is 0 Å². The Kier molecular flexibility index (Phi) is 4.42. The van der Waals surface area contributed by atoms with E-state index in [1.807, 2.05) is 18.4 Å². The molecule has 6 nitrogen and oxygen atoms in total. The van der Waals surface area contributed by atoms with E-state index in [1.165, 1.54) is 10.7 Å². The molecule has 0 aliphatic rings. The molecule has 1 heterocycles. The van der Waals surface area contributed by atoms with E-state index in [0.717, 1.165) is 10.5 Å². The lowest BCUT2D eigenvalue weighted by Crippen LogP contribution is -2.00. The highest BCUT2D eigenvalue weighted by atomic mass is 32.2. The predicted octanol–water partition coefficient (Wildman–Crippen LogP) is 2.52. The van der Waals surface area contributed by atoms with Crippen LogP contribution < -0.4 is 9.47 Å². The van der Waals surface area contributed by atoms with Crippen LogP contribution in [0, 0.1) is 0 Å². The van der Waals surface area contributed by atoms with Gasteiger partial charge in [0.25, 0.3) is 0 Å². The Bertz CT molecular complexity index is 682. The van der Waals surface area contributed by atoms with Crippen molar-refractivity contribution in [1.29, 1.82) is 0 Å². The SMILES string of the molecule is COc1cc(-c2cc(C(=O)O)nn2C)c(OC)cc1SC. The summed E-state index contributed by atoms with van der Waals surface area (Å²) in [4.78, 5) is 12.0. The molecule has 1 N–H and O–H groups in total. The van der Waals surface area contributed by atoms with Crippen molar-refractivity contribution >= 4 is 17.7 Å². The molecule has 0 unspecified atom stereocenters. The minimum atomic E-state index is -1.07. The summed E-state index contributed by atoms with van der Waals surface area (Å²) in [6.07, 6.45) is 1.95. The maximum atomic E-state index is 11.0. The van der Waals surface area contributed by atoms with Crippen molar-refractivity contribution in [2.24, 2.45) is 7.05 Å². The van der Waals surface area contributed by atoms with Crippen LogP contribution >= 0.6 is 11.8 Å². The molecule has 2 aromatic rings. The number of aromatic nitrogens is 2. The summed E-state index contributed by atoms with van der Waals surface area (Å²) in [5.74, 6) is 0.278. The highest BCUT2D eigenvalue weighted by Crippen LogP contribution is 2.39. The van der Waals surface area contributed by atoms with Gasteiger partial charge in [-0.15, -0.1) is 11.8 Å². The van der Waals surface area contributed by atoms with E-state index in [-0.39, 0.29) is 5.69 Å². The Morgan fingerprint density at radius 2 is 1.90 bits per heavy atom. The molecule has 1 aromatic carbocycles. The Hall–Kier alpha value is -2.15. The van der Waals surface area contributed by atoms with Crippen LogP contribution in [-0.2, 0) is 7.05 Å². The summed E-state index contributed by atoms with van der Waals surface area (Å²) in [7, 11) is 4.86. The number of carboxylic acid groups (broad SMARTS) is 1. The van der Waals surface area contributed by atoms with Gasteiger partial charge in [-0.3, -0.25) is 4.68 Å². The van der Waals surface area contributed by atoms with Crippen LogP contribution in [0.15, 0.2) is 23.1 Å². The Labute approximate surface area is 126 Å². The fraction of sp³-hybridized carbons (Fsp3) is 0.286. The van der Waals surface area contributed by atoms with E-state index >= 15 is 0 Å². The molecule has 0 spiro atoms. The molecule has 0 atom stereocenters. The van der Waals surface area contributed by atoms with Gasteiger partial charge in [-0.25, -0.2) is 4.79 Å². The molecule has 112 valence electrons. The number of nitrogens with zero attached hydrogens (tertiary/aromatic N) is 2. The monoisotopic (exact) mass is 308 g/mol. The number of rotatable bonds is 5. The second kappa shape index (κ2) is 6.09. The van der Waals surface area contributed by atoms with Crippen LogP contribution in [0.2, 0.25) is 0 Å². The molecule has 0 amide bonds.